The van der Waals surface area contributed by atoms with Gasteiger partial charge in [0.25, 0.3) is 0 Å². The van der Waals surface area contributed by atoms with E-state index in [1.54, 1.807) is 18.4 Å². The number of hydrogen-bond acceptors (Lipinski definition) is 3. The van der Waals surface area contributed by atoms with Crippen LogP contribution >= 0.6 is 51.2 Å². The van der Waals surface area contributed by atoms with E-state index in [0.29, 0.717) is 6.54 Å². The molecule has 0 saturated heterocycles. The smallest absolute Gasteiger partial charge is 0.227 e. The molecule has 0 fully saturated rings. The lowest BCUT2D eigenvalue weighted by atomic mass is 9.93. The predicted octanol–water partition coefficient (Wildman–Crippen LogP) is 3.30. The quantitative estimate of drug-likeness (QED) is 0.346. The van der Waals surface area contributed by atoms with Gasteiger partial charge in [-0.2, -0.15) is 0 Å². The van der Waals surface area contributed by atoms with Gasteiger partial charge in [-0.15, -0.1) is 35.3 Å². The lowest BCUT2D eigenvalue weighted by Gasteiger charge is -2.24. The molecule has 0 aliphatic carbocycles. The van der Waals surface area contributed by atoms with Gasteiger partial charge >= 0.3 is 0 Å². The third-order valence-corrected chi connectivity index (χ3v) is 4.79. The van der Waals surface area contributed by atoms with Crippen molar-refractivity contribution in [3.8, 4) is 0 Å². The molecule has 0 atom stereocenters. The van der Waals surface area contributed by atoms with Crippen molar-refractivity contribution in [2.45, 2.75) is 27.3 Å². The fourth-order valence-corrected chi connectivity index (χ4v) is 3.43. The number of carbonyl (C=O) groups excluding carboxylic acids is 1. The van der Waals surface area contributed by atoms with Crippen LogP contribution in [-0.2, 0) is 11.3 Å². The number of nitrogens with one attached hydrogen (secondary N) is 2. The third-order valence-electron chi connectivity index (χ3n) is 3.18. The number of hydrogen-bond donors (Lipinski definition) is 2. The van der Waals surface area contributed by atoms with Crippen LogP contribution in [-0.4, -0.2) is 44.0 Å². The maximum atomic E-state index is 11.8. The Labute approximate surface area is 168 Å². The zero-order chi connectivity index (χ0) is 16.8. The first-order valence-electron chi connectivity index (χ1n) is 7.26. The van der Waals surface area contributed by atoms with Crippen molar-refractivity contribution in [2.75, 3.05) is 27.2 Å². The average molecular weight is 517 g/mol. The first kappa shape index (κ1) is 22.6. The van der Waals surface area contributed by atoms with Crippen LogP contribution in [0.5, 0.6) is 0 Å². The van der Waals surface area contributed by atoms with E-state index in [1.807, 2.05) is 33.9 Å². The zero-order valence-corrected chi connectivity index (χ0v) is 19.0. The highest BCUT2D eigenvalue weighted by atomic mass is 127. The SMILES string of the molecule is CCNC(=NCC(C)(C)C(=O)NC)N(C)Cc1ccc(Br)s1.I. The summed E-state index contributed by atoms with van der Waals surface area (Å²) in [5, 5.41) is 5.96. The van der Waals surface area contributed by atoms with Crippen LogP contribution in [0, 0.1) is 5.41 Å². The Hall–Kier alpha value is -0.350. The van der Waals surface area contributed by atoms with Crippen LogP contribution in [0.25, 0.3) is 0 Å². The fourth-order valence-electron chi connectivity index (χ4n) is 1.90. The van der Waals surface area contributed by atoms with E-state index in [4.69, 9.17) is 0 Å². The van der Waals surface area contributed by atoms with Crippen molar-refractivity contribution in [1.82, 2.24) is 15.5 Å². The highest BCUT2D eigenvalue weighted by Crippen LogP contribution is 2.23. The van der Waals surface area contributed by atoms with Crippen LogP contribution in [0.15, 0.2) is 20.9 Å². The van der Waals surface area contributed by atoms with E-state index in [0.717, 1.165) is 22.8 Å². The second-order valence-electron chi connectivity index (χ2n) is 5.70. The standard InChI is InChI=1S/C15H25BrN4OS.HI/c1-6-18-14(19-10-15(2,3)13(21)17-4)20(5)9-11-7-8-12(16)22-11;/h7-8H,6,9-10H2,1-5H3,(H,17,21)(H,18,19);1H. The zero-order valence-electron chi connectivity index (χ0n) is 14.3. The molecular weight excluding hydrogens is 491 g/mol. The minimum atomic E-state index is -0.526. The van der Waals surface area contributed by atoms with E-state index in [2.05, 4.69) is 42.5 Å². The summed E-state index contributed by atoms with van der Waals surface area (Å²) in [6, 6.07) is 4.15. The lowest BCUT2D eigenvalue weighted by molar-refractivity contribution is -0.128. The predicted molar refractivity (Wildman–Crippen MR) is 113 cm³/mol. The van der Waals surface area contributed by atoms with E-state index < -0.39 is 5.41 Å². The van der Waals surface area contributed by atoms with Crippen molar-refractivity contribution in [1.29, 1.82) is 0 Å². The van der Waals surface area contributed by atoms with Gasteiger partial charge in [0.05, 0.1) is 22.3 Å². The second-order valence-corrected chi connectivity index (χ2v) is 8.24. The average Bonchev–Trinajstić information content (AvgIpc) is 2.87. The molecule has 1 rings (SSSR count). The number of halogens is 2. The van der Waals surface area contributed by atoms with Crippen LogP contribution in [0.3, 0.4) is 0 Å². The molecule has 1 heterocycles. The second kappa shape index (κ2) is 10.5. The van der Waals surface area contributed by atoms with Gasteiger partial charge in [-0.3, -0.25) is 9.79 Å². The highest BCUT2D eigenvalue weighted by molar-refractivity contribution is 14.0. The van der Waals surface area contributed by atoms with Crippen LogP contribution < -0.4 is 10.6 Å². The van der Waals surface area contributed by atoms with Crippen molar-refractivity contribution in [3.05, 3.63) is 20.8 Å². The number of amides is 1. The molecule has 23 heavy (non-hydrogen) atoms. The Morgan fingerprint density at radius 3 is 2.57 bits per heavy atom. The molecule has 1 amide bonds. The first-order valence-corrected chi connectivity index (χ1v) is 8.87. The number of rotatable bonds is 6. The Morgan fingerprint density at radius 2 is 2.09 bits per heavy atom. The summed E-state index contributed by atoms with van der Waals surface area (Å²) in [6.07, 6.45) is 0. The molecule has 0 aliphatic rings. The maximum absolute atomic E-state index is 11.8. The van der Waals surface area contributed by atoms with Crippen LogP contribution in [0.1, 0.15) is 25.6 Å². The molecule has 8 heteroatoms. The summed E-state index contributed by atoms with van der Waals surface area (Å²) < 4.78 is 1.12. The Bertz CT molecular complexity index is 533. The van der Waals surface area contributed by atoms with Gasteiger partial charge in [-0.25, -0.2) is 0 Å². The van der Waals surface area contributed by atoms with E-state index in [9.17, 15) is 4.79 Å². The molecule has 0 radical (unpaired) electrons. The van der Waals surface area contributed by atoms with Gasteiger partial charge in [0.1, 0.15) is 0 Å². The molecule has 0 aromatic carbocycles. The summed E-state index contributed by atoms with van der Waals surface area (Å²) in [4.78, 5) is 19.8. The summed E-state index contributed by atoms with van der Waals surface area (Å²) in [5.74, 6) is 0.806. The molecule has 2 N–H and O–H groups in total. The fraction of sp³-hybridized carbons (Fsp3) is 0.600. The Balaban J connectivity index is 0.00000484. The molecule has 0 spiro atoms. The number of carbonyl (C=O) groups is 1. The number of guanidine groups is 1. The van der Waals surface area contributed by atoms with Gasteiger partial charge in [0.2, 0.25) is 5.91 Å². The third kappa shape index (κ3) is 7.38. The van der Waals surface area contributed by atoms with Gasteiger partial charge in [-0.1, -0.05) is 0 Å². The summed E-state index contributed by atoms with van der Waals surface area (Å²) in [5.41, 5.74) is -0.526. The van der Waals surface area contributed by atoms with Crippen LogP contribution in [0.4, 0.5) is 0 Å². The highest BCUT2D eigenvalue weighted by Gasteiger charge is 2.26. The number of nitrogens with zero attached hydrogens (tertiary/aromatic N) is 2. The summed E-state index contributed by atoms with van der Waals surface area (Å²) >= 11 is 5.19. The number of thiophene rings is 1. The van der Waals surface area contributed by atoms with Crippen molar-refractivity contribution in [3.63, 3.8) is 0 Å². The van der Waals surface area contributed by atoms with Crippen LogP contribution in [0.2, 0.25) is 0 Å². The maximum Gasteiger partial charge on any atom is 0.227 e. The summed E-state index contributed by atoms with van der Waals surface area (Å²) in [7, 11) is 3.65. The molecule has 1 aromatic heterocycles. The first-order chi connectivity index (χ1) is 10.3. The molecule has 0 saturated carbocycles. The number of aliphatic imine (C=N–C) groups is 1. The topological polar surface area (TPSA) is 56.7 Å². The van der Waals surface area contributed by atoms with Gasteiger partial charge < -0.3 is 15.5 Å². The molecular formula is C15H26BrIN4OS. The molecule has 0 aliphatic heterocycles. The van der Waals surface area contributed by atoms with E-state index >= 15 is 0 Å². The minimum absolute atomic E-state index is 0. The lowest BCUT2D eigenvalue weighted by Crippen LogP contribution is -2.41. The van der Waals surface area contributed by atoms with Gasteiger partial charge in [-0.05, 0) is 48.8 Å². The minimum Gasteiger partial charge on any atom is -0.359 e. The largest absolute Gasteiger partial charge is 0.359 e. The molecule has 0 unspecified atom stereocenters. The van der Waals surface area contributed by atoms with Crippen molar-refractivity contribution in [2.24, 2.45) is 10.4 Å². The molecule has 0 bridgehead atoms. The van der Waals surface area contributed by atoms with Crippen molar-refractivity contribution < 1.29 is 4.79 Å². The Kier molecular flexibility index (Phi) is 10.3. The van der Waals surface area contributed by atoms with E-state index in [-0.39, 0.29) is 29.9 Å². The summed E-state index contributed by atoms with van der Waals surface area (Å²) in [6.45, 7) is 7.84. The monoisotopic (exact) mass is 516 g/mol. The van der Waals surface area contributed by atoms with Gasteiger partial charge in [0, 0.05) is 25.5 Å². The van der Waals surface area contributed by atoms with Crippen molar-refractivity contribution >= 4 is 63.1 Å². The molecule has 5 nitrogen and oxygen atoms in total. The van der Waals surface area contributed by atoms with E-state index in [1.165, 1.54) is 4.88 Å². The normalized spacial score (nSPS) is 11.7. The van der Waals surface area contributed by atoms with Gasteiger partial charge in [0.15, 0.2) is 5.96 Å². The molecule has 1 aromatic rings. The molecule has 132 valence electrons. The Morgan fingerprint density at radius 1 is 1.43 bits per heavy atom.